The first-order valence-corrected chi connectivity index (χ1v) is 12.2. The molecule has 0 aliphatic rings. The van der Waals surface area contributed by atoms with Crippen LogP contribution in [0.15, 0.2) is 90.3 Å². The first-order valence-electron chi connectivity index (χ1n) is 10.7. The molecule has 2 heterocycles. The fraction of sp³-hybridized carbons (Fsp3) is 0.0400. The summed E-state index contributed by atoms with van der Waals surface area (Å²) in [5.41, 5.74) is 2.22. The molecule has 5 rings (SSSR count). The van der Waals surface area contributed by atoms with E-state index in [-0.39, 0.29) is 17.4 Å². The summed E-state index contributed by atoms with van der Waals surface area (Å²) in [5, 5.41) is 0. The number of Topliss-reactive ketones (excluding diaryl/α,β-unsaturated/α-hetero) is 1. The Morgan fingerprint density at radius 1 is 0.972 bits per heavy atom. The Balaban J connectivity index is 1.60. The van der Waals surface area contributed by atoms with Gasteiger partial charge in [0.2, 0.25) is 5.82 Å². The van der Waals surface area contributed by atoms with Gasteiger partial charge >= 0.3 is 5.82 Å². The quantitative estimate of drug-likeness (QED) is 0.278. The number of nitrogens with one attached hydrogen (secondary N) is 1. The minimum absolute atomic E-state index is 0.0535. The molecule has 180 valence electrons. The van der Waals surface area contributed by atoms with Gasteiger partial charge in [0.1, 0.15) is 33.9 Å². The number of ketones is 1. The molecule has 0 aliphatic heterocycles. The fourth-order valence-electron chi connectivity index (χ4n) is 3.61. The number of hydrogen-bond donors (Lipinski definition) is 1. The van der Waals surface area contributed by atoms with E-state index in [0.717, 1.165) is 17.8 Å². The summed E-state index contributed by atoms with van der Waals surface area (Å²) in [6.07, 6.45) is 4.99. The smallest absolute Gasteiger partial charge is 0.295 e. The Hall–Kier alpha value is -4.51. The summed E-state index contributed by atoms with van der Waals surface area (Å²) in [6.45, 7) is 1.48. The number of benzene rings is 3. The number of carbonyl (C=O) groups excluding carboxylic acids is 1. The topological polar surface area (TPSA) is 97.8 Å². The molecule has 2 aromatic heterocycles. The van der Waals surface area contributed by atoms with E-state index in [4.69, 9.17) is 0 Å². The molecule has 0 saturated heterocycles. The van der Waals surface area contributed by atoms with Gasteiger partial charge in [0, 0.05) is 5.56 Å². The predicted molar refractivity (Wildman–Crippen MR) is 128 cm³/mol. The van der Waals surface area contributed by atoms with E-state index in [1.54, 1.807) is 71.8 Å². The van der Waals surface area contributed by atoms with E-state index in [0.29, 0.717) is 22.7 Å². The zero-order valence-electron chi connectivity index (χ0n) is 18.8. The molecule has 0 spiro atoms. The second-order valence-electron chi connectivity index (χ2n) is 7.90. The highest BCUT2D eigenvalue weighted by Gasteiger charge is 2.26. The molecule has 36 heavy (non-hydrogen) atoms. The van der Waals surface area contributed by atoms with Gasteiger partial charge in [0.25, 0.3) is 10.0 Å². The van der Waals surface area contributed by atoms with Crippen molar-refractivity contribution < 1.29 is 26.6 Å². The van der Waals surface area contributed by atoms with Gasteiger partial charge in [0.15, 0.2) is 17.6 Å². The lowest BCUT2D eigenvalue weighted by Gasteiger charge is -2.10. The maximum Gasteiger partial charge on any atom is 0.311 e. The highest BCUT2D eigenvalue weighted by atomic mass is 32.2. The summed E-state index contributed by atoms with van der Waals surface area (Å²) in [7, 11) is -4.54. The first kappa shape index (κ1) is 23.2. The summed E-state index contributed by atoms with van der Waals surface area (Å²) in [5.74, 6) is -2.11. The van der Waals surface area contributed by atoms with Crippen molar-refractivity contribution in [1.29, 1.82) is 0 Å². The van der Waals surface area contributed by atoms with Crippen molar-refractivity contribution in [3.05, 3.63) is 103 Å². The molecule has 0 bridgehead atoms. The van der Waals surface area contributed by atoms with Crippen LogP contribution >= 0.6 is 0 Å². The fourth-order valence-corrected chi connectivity index (χ4v) is 4.70. The Labute approximate surface area is 204 Å². The third-order valence-electron chi connectivity index (χ3n) is 5.42. The van der Waals surface area contributed by atoms with Gasteiger partial charge in [-0.25, -0.2) is 31.3 Å². The van der Waals surface area contributed by atoms with Crippen molar-refractivity contribution in [1.82, 2.24) is 14.5 Å². The zero-order valence-corrected chi connectivity index (χ0v) is 19.6. The Kier molecular flexibility index (Phi) is 5.77. The predicted octanol–water partition coefficient (Wildman–Crippen LogP) is 3.98. The summed E-state index contributed by atoms with van der Waals surface area (Å²) in [6, 6.07) is 15.9. The number of para-hydroxylation sites is 2. The number of sulfonamides is 1. The van der Waals surface area contributed by atoms with Crippen molar-refractivity contribution in [3.8, 4) is 11.5 Å². The molecule has 1 N–H and O–H groups in total. The number of hydrogen-bond acceptors (Lipinski definition) is 5. The van der Waals surface area contributed by atoms with Gasteiger partial charge < -0.3 is 0 Å². The molecular formula is C25H18F2N5O3S+. The van der Waals surface area contributed by atoms with Crippen LogP contribution in [0.3, 0.4) is 0 Å². The van der Waals surface area contributed by atoms with Gasteiger partial charge in [-0.3, -0.25) is 9.52 Å². The van der Waals surface area contributed by atoms with Gasteiger partial charge in [-0.15, -0.1) is 0 Å². The van der Waals surface area contributed by atoms with Crippen LogP contribution < -0.4 is 9.29 Å². The average Bonchev–Trinajstić information content (AvgIpc) is 3.35. The number of anilines is 1. The van der Waals surface area contributed by atoms with Crippen molar-refractivity contribution in [2.24, 2.45) is 0 Å². The third kappa shape index (κ3) is 4.43. The molecule has 0 amide bonds. The van der Waals surface area contributed by atoms with Crippen LogP contribution in [0.1, 0.15) is 17.3 Å². The molecular weight excluding hydrogens is 488 g/mol. The average molecular weight is 507 g/mol. The number of nitrogens with zero attached hydrogens (tertiary/aromatic N) is 4. The van der Waals surface area contributed by atoms with E-state index in [2.05, 4.69) is 14.7 Å². The highest BCUT2D eigenvalue weighted by molar-refractivity contribution is 7.92. The Morgan fingerprint density at radius 2 is 1.67 bits per heavy atom. The summed E-state index contributed by atoms with van der Waals surface area (Å²) in [4.78, 5) is 19.7. The molecule has 0 radical (unpaired) electrons. The van der Waals surface area contributed by atoms with Crippen molar-refractivity contribution >= 4 is 32.7 Å². The van der Waals surface area contributed by atoms with Crippen LogP contribution in [0.25, 0.3) is 22.5 Å². The molecule has 0 aliphatic carbocycles. The van der Waals surface area contributed by atoms with Gasteiger partial charge in [-0.1, -0.05) is 17.1 Å². The highest BCUT2D eigenvalue weighted by Crippen LogP contribution is 2.23. The maximum atomic E-state index is 14.3. The first-order chi connectivity index (χ1) is 17.2. The van der Waals surface area contributed by atoms with E-state index in [9.17, 15) is 22.0 Å². The molecule has 11 heteroatoms. The normalized spacial score (nSPS) is 11.5. The minimum atomic E-state index is -4.54. The van der Waals surface area contributed by atoms with Crippen LogP contribution in [0.5, 0.6) is 0 Å². The number of imidazole rings is 1. The zero-order chi connectivity index (χ0) is 25.4. The number of halogens is 2. The van der Waals surface area contributed by atoms with Crippen molar-refractivity contribution in [3.63, 3.8) is 0 Å². The lowest BCUT2D eigenvalue weighted by molar-refractivity contribution is -0.597. The van der Waals surface area contributed by atoms with Crippen LogP contribution in [-0.4, -0.2) is 28.7 Å². The Bertz CT molecular complexity index is 1730. The lowest BCUT2D eigenvalue weighted by atomic mass is 10.1. The number of rotatable bonds is 6. The molecule has 8 nitrogen and oxygen atoms in total. The summed E-state index contributed by atoms with van der Waals surface area (Å²) < 4.78 is 59.4. The molecule has 0 unspecified atom stereocenters. The molecule has 5 aromatic rings. The van der Waals surface area contributed by atoms with E-state index in [1.807, 2.05) is 0 Å². The molecule has 3 aromatic carbocycles. The molecule has 0 fully saturated rings. The second-order valence-corrected chi connectivity index (χ2v) is 9.55. The molecule has 0 saturated carbocycles. The number of carbonyl (C=O) groups is 1. The SMILES string of the molecule is CC(=O)c1ccc(-n2cc[n+](-c3nc4ccccc4nc3NS(=O)(=O)c3cc(F)ccc3F)c2)cc1. The van der Waals surface area contributed by atoms with Crippen LogP contribution in [0.4, 0.5) is 14.6 Å². The maximum absolute atomic E-state index is 14.3. The summed E-state index contributed by atoms with van der Waals surface area (Å²) >= 11 is 0. The van der Waals surface area contributed by atoms with E-state index >= 15 is 0 Å². The van der Waals surface area contributed by atoms with Crippen LogP contribution in [-0.2, 0) is 10.0 Å². The largest absolute Gasteiger partial charge is 0.311 e. The standard InChI is InChI=1S/C25H18F2N5O3S/c1-16(33)17-6-9-19(10-7-17)31-12-13-32(15-31)25-24(28-21-4-2-3-5-22(21)29-25)30-36(34,35)23-14-18(26)8-11-20(23)27/h2-15H,1H3,(H,28,30)/q+1. The minimum Gasteiger partial charge on any atom is -0.295 e. The van der Waals surface area contributed by atoms with E-state index < -0.39 is 26.6 Å². The second kappa shape index (κ2) is 8.93. The third-order valence-corrected chi connectivity index (χ3v) is 6.77. The van der Waals surface area contributed by atoms with Crippen molar-refractivity contribution in [2.75, 3.05) is 4.72 Å². The molecule has 0 atom stereocenters. The lowest BCUT2D eigenvalue weighted by Crippen LogP contribution is -2.32. The number of aromatic nitrogens is 4. The van der Waals surface area contributed by atoms with E-state index in [1.165, 1.54) is 11.5 Å². The van der Waals surface area contributed by atoms with Gasteiger partial charge in [0.05, 0.1) is 6.20 Å². The van der Waals surface area contributed by atoms with Gasteiger partial charge in [-0.2, -0.15) is 0 Å². The van der Waals surface area contributed by atoms with Gasteiger partial charge in [-0.05, 0) is 61.5 Å². The Morgan fingerprint density at radius 3 is 2.36 bits per heavy atom. The van der Waals surface area contributed by atoms with Crippen molar-refractivity contribution in [2.45, 2.75) is 11.8 Å². The van der Waals surface area contributed by atoms with Crippen LogP contribution in [0.2, 0.25) is 0 Å². The monoisotopic (exact) mass is 506 g/mol. The van der Waals surface area contributed by atoms with Crippen LogP contribution in [0, 0.1) is 11.6 Å². The number of fused-ring (bicyclic) bond motifs is 1.